The van der Waals surface area contributed by atoms with Crippen molar-refractivity contribution in [1.82, 2.24) is 0 Å². The highest BCUT2D eigenvalue weighted by atomic mass is 16.6. The number of aliphatic hydroxyl groups is 1. The largest absolute Gasteiger partial charge is 0.512 e. The highest BCUT2D eigenvalue weighted by Gasteiger charge is 2.38. The normalized spacial score (nSPS) is 20.8. The fourth-order valence-electron chi connectivity index (χ4n) is 2.27. The Labute approximate surface area is 136 Å². The van der Waals surface area contributed by atoms with E-state index in [-0.39, 0.29) is 23.5 Å². The Bertz CT molecular complexity index is 538. The van der Waals surface area contributed by atoms with E-state index in [1.54, 1.807) is 13.8 Å². The molecule has 2 rings (SSSR count). The molecule has 0 bridgehead atoms. The predicted octanol–water partition coefficient (Wildman–Crippen LogP) is 3.15. The number of hydrogen-bond acceptors (Lipinski definition) is 5. The van der Waals surface area contributed by atoms with Gasteiger partial charge in [0.1, 0.15) is 11.9 Å². The number of carbonyl (C=O) groups is 1. The molecule has 0 spiro atoms. The molecule has 1 heterocycles. The number of epoxide rings is 1. The molecule has 0 aromatic heterocycles. The first-order valence-electron chi connectivity index (χ1n) is 7.94. The van der Waals surface area contributed by atoms with Gasteiger partial charge < -0.3 is 19.3 Å². The number of rotatable bonds is 9. The first-order valence-corrected chi connectivity index (χ1v) is 7.94. The SMILES string of the molecule is CCOC(=O)/C(C)=C(\O)CC[C@@H]1O[C@H]1COCc1ccccc1. The fourth-order valence-corrected chi connectivity index (χ4v) is 2.27. The van der Waals surface area contributed by atoms with Gasteiger partial charge in [0.2, 0.25) is 0 Å². The molecular weight excluding hydrogens is 296 g/mol. The lowest BCUT2D eigenvalue weighted by atomic mass is 10.1. The molecule has 1 fully saturated rings. The topological polar surface area (TPSA) is 68.3 Å². The number of ether oxygens (including phenoxy) is 3. The van der Waals surface area contributed by atoms with Gasteiger partial charge in [0.05, 0.1) is 31.5 Å². The summed E-state index contributed by atoms with van der Waals surface area (Å²) in [6, 6.07) is 9.98. The Balaban J connectivity index is 1.63. The highest BCUT2D eigenvalue weighted by Crippen LogP contribution is 2.28. The average Bonchev–Trinajstić information content (AvgIpc) is 3.31. The average molecular weight is 320 g/mol. The van der Waals surface area contributed by atoms with Crippen LogP contribution in [0.3, 0.4) is 0 Å². The van der Waals surface area contributed by atoms with E-state index in [0.717, 1.165) is 5.56 Å². The molecule has 1 saturated heterocycles. The van der Waals surface area contributed by atoms with Crippen molar-refractivity contribution in [3.05, 3.63) is 47.2 Å². The molecule has 1 N–H and O–H groups in total. The van der Waals surface area contributed by atoms with E-state index in [9.17, 15) is 9.90 Å². The molecular formula is C18H24O5. The second-order valence-corrected chi connectivity index (χ2v) is 5.54. The van der Waals surface area contributed by atoms with Gasteiger partial charge in [-0.15, -0.1) is 0 Å². The van der Waals surface area contributed by atoms with Gasteiger partial charge in [-0.1, -0.05) is 30.3 Å². The summed E-state index contributed by atoms with van der Waals surface area (Å²) in [5, 5.41) is 9.89. The molecule has 1 aliphatic heterocycles. The Morgan fingerprint density at radius 1 is 1.26 bits per heavy atom. The lowest BCUT2D eigenvalue weighted by molar-refractivity contribution is -0.138. The lowest BCUT2D eigenvalue weighted by Gasteiger charge is -2.05. The number of benzene rings is 1. The molecule has 0 unspecified atom stereocenters. The Morgan fingerprint density at radius 2 is 2.00 bits per heavy atom. The third kappa shape index (κ3) is 5.69. The van der Waals surface area contributed by atoms with Crippen LogP contribution in [0.25, 0.3) is 0 Å². The van der Waals surface area contributed by atoms with Crippen molar-refractivity contribution in [2.45, 2.75) is 45.5 Å². The van der Waals surface area contributed by atoms with Gasteiger partial charge in [-0.2, -0.15) is 0 Å². The summed E-state index contributed by atoms with van der Waals surface area (Å²) in [5.74, 6) is -0.396. The van der Waals surface area contributed by atoms with Crippen LogP contribution in [0.15, 0.2) is 41.7 Å². The quantitative estimate of drug-likeness (QED) is 0.328. The van der Waals surface area contributed by atoms with Crippen LogP contribution in [0.5, 0.6) is 0 Å². The Kier molecular flexibility index (Phi) is 6.62. The summed E-state index contributed by atoms with van der Waals surface area (Å²) >= 11 is 0. The minimum Gasteiger partial charge on any atom is -0.512 e. The maximum absolute atomic E-state index is 11.5. The molecule has 0 saturated carbocycles. The second-order valence-electron chi connectivity index (χ2n) is 5.54. The Hall–Kier alpha value is -1.85. The molecule has 5 heteroatoms. The molecule has 1 aromatic rings. The van der Waals surface area contributed by atoms with Crippen molar-refractivity contribution >= 4 is 5.97 Å². The van der Waals surface area contributed by atoms with Crippen molar-refractivity contribution in [2.24, 2.45) is 0 Å². The van der Waals surface area contributed by atoms with E-state index in [0.29, 0.717) is 32.7 Å². The van der Waals surface area contributed by atoms with E-state index < -0.39 is 5.97 Å². The maximum atomic E-state index is 11.5. The second kappa shape index (κ2) is 8.70. The minimum absolute atomic E-state index is 0.0721. The predicted molar refractivity (Wildman–Crippen MR) is 86.0 cm³/mol. The number of esters is 1. The van der Waals surface area contributed by atoms with Gasteiger partial charge in [0.15, 0.2) is 0 Å². The van der Waals surface area contributed by atoms with Crippen LogP contribution in [0.4, 0.5) is 0 Å². The zero-order valence-electron chi connectivity index (χ0n) is 13.7. The van der Waals surface area contributed by atoms with E-state index in [2.05, 4.69) is 0 Å². The van der Waals surface area contributed by atoms with Crippen LogP contribution in [-0.4, -0.2) is 36.5 Å². The van der Waals surface area contributed by atoms with Gasteiger partial charge in [-0.25, -0.2) is 4.79 Å². The van der Waals surface area contributed by atoms with E-state index in [1.807, 2.05) is 30.3 Å². The molecule has 2 atom stereocenters. The van der Waals surface area contributed by atoms with Crippen molar-refractivity contribution in [3.63, 3.8) is 0 Å². The van der Waals surface area contributed by atoms with Gasteiger partial charge in [-0.3, -0.25) is 0 Å². The van der Waals surface area contributed by atoms with Crippen molar-refractivity contribution in [1.29, 1.82) is 0 Å². The third-order valence-electron chi connectivity index (χ3n) is 3.76. The van der Waals surface area contributed by atoms with Crippen molar-refractivity contribution in [3.8, 4) is 0 Å². The van der Waals surface area contributed by atoms with Gasteiger partial charge in [0, 0.05) is 6.42 Å². The summed E-state index contributed by atoms with van der Waals surface area (Å²) in [7, 11) is 0. The van der Waals surface area contributed by atoms with Crippen LogP contribution in [0.1, 0.15) is 32.3 Å². The number of aliphatic hydroxyl groups excluding tert-OH is 1. The van der Waals surface area contributed by atoms with Gasteiger partial charge >= 0.3 is 5.97 Å². The maximum Gasteiger partial charge on any atom is 0.337 e. The molecule has 126 valence electrons. The fraction of sp³-hybridized carbons (Fsp3) is 0.500. The minimum atomic E-state index is -0.468. The monoisotopic (exact) mass is 320 g/mol. The third-order valence-corrected chi connectivity index (χ3v) is 3.76. The zero-order valence-corrected chi connectivity index (χ0v) is 13.7. The molecule has 0 amide bonds. The van der Waals surface area contributed by atoms with Crippen LogP contribution in [0.2, 0.25) is 0 Å². The summed E-state index contributed by atoms with van der Waals surface area (Å²) in [5.41, 5.74) is 1.40. The molecule has 0 radical (unpaired) electrons. The first kappa shape index (κ1) is 17.5. The summed E-state index contributed by atoms with van der Waals surface area (Å²) < 4.78 is 16.0. The van der Waals surface area contributed by atoms with E-state index in [1.165, 1.54) is 0 Å². The molecule has 5 nitrogen and oxygen atoms in total. The van der Waals surface area contributed by atoms with Crippen molar-refractivity contribution in [2.75, 3.05) is 13.2 Å². The van der Waals surface area contributed by atoms with E-state index >= 15 is 0 Å². The highest BCUT2D eigenvalue weighted by molar-refractivity contribution is 5.88. The van der Waals surface area contributed by atoms with E-state index in [4.69, 9.17) is 14.2 Å². The number of carbonyl (C=O) groups excluding carboxylic acids is 1. The summed E-state index contributed by atoms with van der Waals surface area (Å²) in [6.45, 7) is 4.72. The number of allylic oxidation sites excluding steroid dienone is 1. The van der Waals surface area contributed by atoms with Crippen LogP contribution >= 0.6 is 0 Å². The lowest BCUT2D eigenvalue weighted by Crippen LogP contribution is -2.09. The molecule has 0 aliphatic carbocycles. The van der Waals surface area contributed by atoms with Crippen LogP contribution in [0, 0.1) is 0 Å². The summed E-state index contributed by atoms with van der Waals surface area (Å²) in [4.78, 5) is 11.5. The van der Waals surface area contributed by atoms with Crippen LogP contribution in [-0.2, 0) is 25.6 Å². The molecule has 23 heavy (non-hydrogen) atoms. The Morgan fingerprint density at radius 3 is 2.70 bits per heavy atom. The smallest absolute Gasteiger partial charge is 0.337 e. The zero-order chi connectivity index (χ0) is 16.7. The first-order chi connectivity index (χ1) is 11.1. The standard InChI is InChI=1S/C18H24O5/c1-3-22-18(20)13(2)15(19)9-10-16-17(23-16)12-21-11-14-7-5-4-6-8-14/h4-8,16-17,19H,3,9-12H2,1-2H3/b15-13-/t16-,17-/m0/s1. The van der Waals surface area contributed by atoms with Crippen molar-refractivity contribution < 1.29 is 24.1 Å². The molecule has 1 aliphatic rings. The summed E-state index contributed by atoms with van der Waals surface area (Å²) in [6.07, 6.45) is 1.24. The molecule has 1 aromatic carbocycles. The van der Waals surface area contributed by atoms with Crippen LogP contribution < -0.4 is 0 Å². The van der Waals surface area contributed by atoms with Gasteiger partial charge in [0.25, 0.3) is 0 Å². The van der Waals surface area contributed by atoms with Gasteiger partial charge in [-0.05, 0) is 25.8 Å². The number of hydrogen-bond donors (Lipinski definition) is 1.